The Morgan fingerprint density at radius 3 is 3.00 bits per heavy atom. The first-order chi connectivity index (χ1) is 12.5. The number of thioether (sulfide) groups is 1. The third-order valence-electron chi connectivity index (χ3n) is 4.30. The SMILES string of the molecule is COc1ccc(CN2CCNC(=O)[C@@H]2CC(=O)NCCCSC)c(F)c1. The van der Waals surface area contributed by atoms with E-state index in [-0.39, 0.29) is 30.6 Å². The summed E-state index contributed by atoms with van der Waals surface area (Å²) in [7, 11) is 1.48. The molecule has 1 aliphatic heterocycles. The number of carbonyl (C=O) groups excluding carboxylic acids is 2. The predicted octanol–water partition coefficient (Wildman–Crippen LogP) is 1.39. The van der Waals surface area contributed by atoms with Gasteiger partial charge in [0.2, 0.25) is 11.8 Å². The van der Waals surface area contributed by atoms with Gasteiger partial charge in [0, 0.05) is 37.8 Å². The molecule has 1 aromatic rings. The summed E-state index contributed by atoms with van der Waals surface area (Å²) in [4.78, 5) is 26.2. The number of methoxy groups -OCH3 is 1. The molecule has 8 heteroatoms. The second-order valence-electron chi connectivity index (χ2n) is 6.14. The maximum Gasteiger partial charge on any atom is 0.237 e. The molecule has 1 aliphatic rings. The van der Waals surface area contributed by atoms with Crippen molar-refractivity contribution in [3.8, 4) is 5.75 Å². The molecular formula is C18H26FN3O3S. The highest BCUT2D eigenvalue weighted by Gasteiger charge is 2.31. The van der Waals surface area contributed by atoms with Crippen LogP contribution < -0.4 is 15.4 Å². The highest BCUT2D eigenvalue weighted by molar-refractivity contribution is 7.98. The molecular weight excluding hydrogens is 357 g/mol. The first kappa shape index (κ1) is 20.5. The topological polar surface area (TPSA) is 70.7 Å². The summed E-state index contributed by atoms with van der Waals surface area (Å²) in [6, 6.07) is 4.08. The van der Waals surface area contributed by atoms with Crippen LogP contribution in [0.3, 0.4) is 0 Å². The number of hydrogen-bond acceptors (Lipinski definition) is 5. The molecule has 1 fully saturated rings. The molecule has 144 valence electrons. The molecule has 0 unspecified atom stereocenters. The van der Waals surface area contributed by atoms with Gasteiger partial charge in [-0.05, 0) is 24.5 Å². The number of benzene rings is 1. The van der Waals surface area contributed by atoms with Gasteiger partial charge in [-0.3, -0.25) is 14.5 Å². The zero-order valence-electron chi connectivity index (χ0n) is 15.2. The molecule has 0 aliphatic carbocycles. The zero-order chi connectivity index (χ0) is 18.9. The molecule has 0 spiro atoms. The largest absolute Gasteiger partial charge is 0.497 e. The van der Waals surface area contributed by atoms with Crippen molar-refractivity contribution in [1.82, 2.24) is 15.5 Å². The van der Waals surface area contributed by atoms with Gasteiger partial charge in [0.25, 0.3) is 0 Å². The molecule has 6 nitrogen and oxygen atoms in total. The summed E-state index contributed by atoms with van der Waals surface area (Å²) in [5, 5.41) is 5.63. The number of ether oxygens (including phenoxy) is 1. The first-order valence-corrected chi connectivity index (χ1v) is 10.0. The van der Waals surface area contributed by atoms with Gasteiger partial charge in [-0.1, -0.05) is 6.07 Å². The Morgan fingerprint density at radius 1 is 1.50 bits per heavy atom. The van der Waals surface area contributed by atoms with Gasteiger partial charge in [-0.2, -0.15) is 11.8 Å². The maximum atomic E-state index is 14.2. The van der Waals surface area contributed by atoms with Gasteiger partial charge in [0.05, 0.1) is 19.6 Å². The summed E-state index contributed by atoms with van der Waals surface area (Å²) >= 11 is 1.73. The minimum atomic E-state index is -0.592. The number of halogens is 1. The Balaban J connectivity index is 1.98. The minimum absolute atomic E-state index is 0.0723. The summed E-state index contributed by atoms with van der Waals surface area (Å²) in [6.07, 6.45) is 2.98. The molecule has 1 aromatic carbocycles. The predicted molar refractivity (Wildman–Crippen MR) is 101 cm³/mol. The Kier molecular flexibility index (Phi) is 8.18. The molecule has 1 saturated heterocycles. The average molecular weight is 383 g/mol. The second-order valence-corrected chi connectivity index (χ2v) is 7.12. The summed E-state index contributed by atoms with van der Waals surface area (Å²) < 4.78 is 19.2. The van der Waals surface area contributed by atoms with Crippen LogP contribution in [-0.4, -0.2) is 61.5 Å². The van der Waals surface area contributed by atoms with Crippen LogP contribution in [0.4, 0.5) is 4.39 Å². The van der Waals surface area contributed by atoms with Crippen molar-refractivity contribution in [3.05, 3.63) is 29.6 Å². The van der Waals surface area contributed by atoms with Crippen LogP contribution in [0.5, 0.6) is 5.75 Å². The lowest BCUT2D eigenvalue weighted by atomic mass is 10.1. The van der Waals surface area contributed by atoms with E-state index in [1.807, 2.05) is 11.2 Å². The Bertz CT molecular complexity index is 630. The smallest absolute Gasteiger partial charge is 0.237 e. The maximum absolute atomic E-state index is 14.2. The van der Waals surface area contributed by atoms with E-state index in [9.17, 15) is 14.0 Å². The lowest BCUT2D eigenvalue weighted by Crippen LogP contribution is -2.56. The lowest BCUT2D eigenvalue weighted by Gasteiger charge is -2.34. The van der Waals surface area contributed by atoms with Crippen LogP contribution in [0.15, 0.2) is 18.2 Å². The number of nitrogens with one attached hydrogen (secondary N) is 2. The molecule has 2 amide bonds. The summed E-state index contributed by atoms with van der Waals surface area (Å²) in [6.45, 7) is 1.93. The quantitative estimate of drug-likeness (QED) is 0.631. The van der Waals surface area contributed by atoms with Crippen LogP contribution in [0.2, 0.25) is 0 Å². The van der Waals surface area contributed by atoms with E-state index < -0.39 is 6.04 Å². The van der Waals surface area contributed by atoms with Gasteiger partial charge >= 0.3 is 0 Å². The first-order valence-electron chi connectivity index (χ1n) is 8.65. The fraction of sp³-hybridized carbons (Fsp3) is 0.556. The molecule has 0 aromatic heterocycles. The third-order valence-corrected chi connectivity index (χ3v) is 5.00. The fourth-order valence-electron chi connectivity index (χ4n) is 2.87. The number of hydrogen-bond donors (Lipinski definition) is 2. The minimum Gasteiger partial charge on any atom is -0.497 e. The highest BCUT2D eigenvalue weighted by Crippen LogP contribution is 2.20. The van der Waals surface area contributed by atoms with Crippen LogP contribution in [0.25, 0.3) is 0 Å². The molecule has 2 rings (SSSR count). The third kappa shape index (κ3) is 5.88. The second kappa shape index (κ2) is 10.4. The van der Waals surface area contributed by atoms with Gasteiger partial charge in [-0.25, -0.2) is 4.39 Å². The van der Waals surface area contributed by atoms with Crippen molar-refractivity contribution in [1.29, 1.82) is 0 Å². The molecule has 26 heavy (non-hydrogen) atoms. The summed E-state index contributed by atoms with van der Waals surface area (Å²) in [5.74, 6) is 0.699. The molecule has 0 saturated carbocycles. The van der Waals surface area contributed by atoms with E-state index in [1.165, 1.54) is 13.2 Å². The Labute approximate surface area is 157 Å². The van der Waals surface area contributed by atoms with Gasteiger partial charge in [-0.15, -0.1) is 0 Å². The van der Waals surface area contributed by atoms with Crippen LogP contribution in [0.1, 0.15) is 18.4 Å². The van der Waals surface area contributed by atoms with Crippen molar-refractivity contribution in [3.63, 3.8) is 0 Å². The Morgan fingerprint density at radius 2 is 2.31 bits per heavy atom. The highest BCUT2D eigenvalue weighted by atomic mass is 32.2. The van der Waals surface area contributed by atoms with E-state index in [4.69, 9.17) is 4.74 Å². The van der Waals surface area contributed by atoms with Crippen LogP contribution in [0, 0.1) is 5.82 Å². The summed E-state index contributed by atoms with van der Waals surface area (Å²) in [5.41, 5.74) is 0.478. The molecule has 0 bridgehead atoms. The number of piperazine rings is 1. The van der Waals surface area contributed by atoms with E-state index in [0.717, 1.165) is 12.2 Å². The van der Waals surface area contributed by atoms with Crippen molar-refractivity contribution in [2.75, 3.05) is 38.8 Å². The van der Waals surface area contributed by atoms with Crippen molar-refractivity contribution < 1.29 is 18.7 Å². The standard InChI is InChI=1S/C18H26FN3O3S/c1-25-14-5-4-13(15(19)10-14)12-22-8-7-21-18(24)16(22)11-17(23)20-6-3-9-26-2/h4-5,10,16H,3,6-9,11-12H2,1-2H3,(H,20,23)(H,21,24)/t16-/m0/s1. The average Bonchev–Trinajstić information content (AvgIpc) is 2.63. The van der Waals surface area contributed by atoms with Crippen molar-refractivity contribution in [2.24, 2.45) is 0 Å². The number of carbonyl (C=O) groups is 2. The molecule has 2 N–H and O–H groups in total. The van der Waals surface area contributed by atoms with Crippen molar-refractivity contribution >= 4 is 23.6 Å². The van der Waals surface area contributed by atoms with Gasteiger partial charge < -0.3 is 15.4 Å². The number of rotatable bonds is 9. The van der Waals surface area contributed by atoms with E-state index in [0.29, 0.717) is 30.9 Å². The number of amides is 2. The normalized spacial score (nSPS) is 17.7. The van der Waals surface area contributed by atoms with Gasteiger partial charge in [0.15, 0.2) is 0 Å². The monoisotopic (exact) mass is 383 g/mol. The fourth-order valence-corrected chi connectivity index (χ4v) is 3.30. The zero-order valence-corrected chi connectivity index (χ0v) is 16.0. The number of nitrogens with zero attached hydrogens (tertiary/aromatic N) is 1. The van der Waals surface area contributed by atoms with Crippen LogP contribution >= 0.6 is 11.8 Å². The van der Waals surface area contributed by atoms with Crippen molar-refractivity contribution in [2.45, 2.75) is 25.4 Å². The molecule has 1 atom stereocenters. The van der Waals surface area contributed by atoms with E-state index in [1.54, 1.807) is 23.9 Å². The molecule has 1 heterocycles. The van der Waals surface area contributed by atoms with E-state index in [2.05, 4.69) is 10.6 Å². The van der Waals surface area contributed by atoms with Crippen LogP contribution in [-0.2, 0) is 16.1 Å². The lowest BCUT2D eigenvalue weighted by molar-refractivity contribution is -0.134. The van der Waals surface area contributed by atoms with Gasteiger partial charge in [0.1, 0.15) is 11.6 Å². The van der Waals surface area contributed by atoms with E-state index >= 15 is 0 Å². The Hall–Kier alpha value is -1.80. The molecule has 0 radical (unpaired) electrons.